The zero-order valence-corrected chi connectivity index (χ0v) is 10.3. The van der Waals surface area contributed by atoms with Gasteiger partial charge in [-0.3, -0.25) is 0 Å². The Morgan fingerprint density at radius 2 is 2.14 bits per heavy atom. The Labute approximate surface area is 91.8 Å². The Hall–Kier alpha value is -0.840. The van der Waals surface area contributed by atoms with E-state index in [4.69, 9.17) is 9.15 Å². The van der Waals surface area contributed by atoms with Crippen LogP contribution in [0.3, 0.4) is 0 Å². The zero-order valence-electron chi connectivity index (χ0n) is 8.76. The van der Waals surface area contributed by atoms with E-state index in [9.17, 15) is 4.79 Å². The molecule has 0 spiro atoms. The summed E-state index contributed by atoms with van der Waals surface area (Å²) in [4.78, 5) is 14.9. The Balaban J connectivity index is 0.000000791. The monoisotopic (exact) mass is 263 g/mol. The van der Waals surface area contributed by atoms with Crippen molar-refractivity contribution in [2.24, 2.45) is 0 Å². The predicted molar refractivity (Wildman–Crippen MR) is 56.2 cm³/mol. The summed E-state index contributed by atoms with van der Waals surface area (Å²) in [7, 11) is 0. The van der Waals surface area contributed by atoms with E-state index in [2.05, 4.69) is 20.9 Å². The average molecular weight is 264 g/mol. The summed E-state index contributed by atoms with van der Waals surface area (Å²) in [5.74, 6) is -0.0360. The average Bonchev–Trinajstić information content (AvgIpc) is 2.49. The first-order valence-corrected chi connectivity index (χ1v) is 5.24. The molecule has 0 saturated heterocycles. The van der Waals surface area contributed by atoms with Gasteiger partial charge in [-0.25, -0.2) is 9.78 Å². The number of aromatic nitrogens is 1. The lowest BCUT2D eigenvalue weighted by molar-refractivity contribution is 0.0518. The highest BCUT2D eigenvalue weighted by Gasteiger charge is 2.17. The van der Waals surface area contributed by atoms with Crippen LogP contribution in [0.2, 0.25) is 0 Å². The Morgan fingerprint density at radius 1 is 1.57 bits per heavy atom. The molecule has 1 heterocycles. The Bertz CT molecular complexity index is 296. The number of oxazole rings is 1. The van der Waals surface area contributed by atoms with Crippen molar-refractivity contribution in [2.75, 3.05) is 6.61 Å². The molecule has 1 aromatic rings. The van der Waals surface area contributed by atoms with E-state index in [-0.39, 0.29) is 5.69 Å². The minimum Gasteiger partial charge on any atom is -0.461 e. The van der Waals surface area contributed by atoms with Crippen LogP contribution in [0, 0.1) is 6.92 Å². The molecular formula is C9H14BrNO3. The molecule has 80 valence electrons. The number of ether oxygens (including phenoxy) is 1. The first-order valence-electron chi connectivity index (χ1n) is 4.45. The SMILES string of the molecule is CC.CCOC(=O)c1nc(C)oc1Br. The third kappa shape index (κ3) is 3.49. The van der Waals surface area contributed by atoms with Gasteiger partial charge in [0, 0.05) is 6.92 Å². The van der Waals surface area contributed by atoms with Gasteiger partial charge in [-0.15, -0.1) is 0 Å². The summed E-state index contributed by atoms with van der Waals surface area (Å²) in [6.45, 7) is 7.73. The first kappa shape index (κ1) is 13.2. The fourth-order valence-corrected chi connectivity index (χ4v) is 1.21. The van der Waals surface area contributed by atoms with Crippen LogP contribution in [0.15, 0.2) is 9.09 Å². The summed E-state index contributed by atoms with van der Waals surface area (Å²) >= 11 is 3.06. The van der Waals surface area contributed by atoms with Crippen LogP contribution < -0.4 is 0 Å². The lowest BCUT2D eigenvalue weighted by atomic mass is 10.5. The fraction of sp³-hybridized carbons (Fsp3) is 0.556. The number of nitrogens with zero attached hydrogens (tertiary/aromatic N) is 1. The van der Waals surface area contributed by atoms with Gasteiger partial charge in [0.05, 0.1) is 6.61 Å². The number of hydrogen-bond donors (Lipinski definition) is 0. The highest BCUT2D eigenvalue weighted by Crippen LogP contribution is 2.18. The molecule has 0 aromatic carbocycles. The summed E-state index contributed by atoms with van der Waals surface area (Å²) in [6.07, 6.45) is 0. The lowest BCUT2D eigenvalue weighted by Gasteiger charge is -1.95. The molecule has 0 bridgehead atoms. The Morgan fingerprint density at radius 3 is 2.50 bits per heavy atom. The van der Waals surface area contributed by atoms with Crippen LogP contribution >= 0.6 is 15.9 Å². The zero-order chi connectivity index (χ0) is 11.1. The van der Waals surface area contributed by atoms with Gasteiger partial charge < -0.3 is 9.15 Å². The standard InChI is InChI=1S/C7H8BrNO3.C2H6/c1-3-11-7(10)5-6(8)12-4(2)9-5;1-2/h3H2,1-2H3;1-2H3. The van der Waals surface area contributed by atoms with E-state index in [0.717, 1.165) is 0 Å². The molecule has 0 aliphatic carbocycles. The third-order valence-corrected chi connectivity index (χ3v) is 1.70. The smallest absolute Gasteiger partial charge is 0.361 e. The molecule has 1 aromatic heterocycles. The number of halogens is 1. The maximum atomic E-state index is 11.1. The summed E-state index contributed by atoms with van der Waals surface area (Å²) in [5, 5.41) is 0. The third-order valence-electron chi connectivity index (χ3n) is 1.16. The molecule has 4 nitrogen and oxygen atoms in total. The topological polar surface area (TPSA) is 52.3 Å². The van der Waals surface area contributed by atoms with Gasteiger partial charge in [-0.1, -0.05) is 13.8 Å². The van der Waals surface area contributed by atoms with Gasteiger partial charge in [-0.2, -0.15) is 0 Å². The molecule has 0 saturated carbocycles. The normalized spacial score (nSPS) is 8.93. The molecule has 0 amide bonds. The molecule has 0 unspecified atom stereocenters. The van der Waals surface area contributed by atoms with E-state index < -0.39 is 5.97 Å². The molecule has 1 rings (SSSR count). The molecule has 0 radical (unpaired) electrons. The minimum absolute atomic E-state index is 0.189. The van der Waals surface area contributed by atoms with Gasteiger partial charge in [0.15, 0.2) is 5.89 Å². The molecule has 0 aliphatic rings. The second-order valence-corrected chi connectivity index (χ2v) is 2.80. The molecule has 0 N–H and O–H groups in total. The van der Waals surface area contributed by atoms with Crippen molar-refractivity contribution in [3.8, 4) is 0 Å². The maximum Gasteiger partial charge on any atom is 0.361 e. The quantitative estimate of drug-likeness (QED) is 0.770. The van der Waals surface area contributed by atoms with Crippen molar-refractivity contribution >= 4 is 21.9 Å². The number of hydrogen-bond acceptors (Lipinski definition) is 4. The van der Waals surface area contributed by atoms with Crippen LogP contribution in [0.25, 0.3) is 0 Å². The van der Waals surface area contributed by atoms with Crippen LogP contribution in [-0.2, 0) is 4.74 Å². The van der Waals surface area contributed by atoms with E-state index in [1.54, 1.807) is 13.8 Å². The van der Waals surface area contributed by atoms with Crippen molar-refractivity contribution < 1.29 is 13.9 Å². The lowest BCUT2D eigenvalue weighted by Crippen LogP contribution is -2.05. The van der Waals surface area contributed by atoms with E-state index >= 15 is 0 Å². The van der Waals surface area contributed by atoms with Gasteiger partial charge >= 0.3 is 5.97 Å². The van der Waals surface area contributed by atoms with Crippen LogP contribution in [0.5, 0.6) is 0 Å². The molecule has 0 aliphatic heterocycles. The highest BCUT2D eigenvalue weighted by atomic mass is 79.9. The van der Waals surface area contributed by atoms with Gasteiger partial charge in [-0.05, 0) is 22.9 Å². The number of carbonyl (C=O) groups is 1. The molecule has 5 heteroatoms. The van der Waals surface area contributed by atoms with Crippen molar-refractivity contribution in [3.05, 3.63) is 16.3 Å². The second kappa shape index (κ2) is 6.59. The van der Waals surface area contributed by atoms with Gasteiger partial charge in [0.1, 0.15) is 0 Å². The first-order chi connectivity index (χ1) is 6.65. The van der Waals surface area contributed by atoms with Crippen molar-refractivity contribution in [3.63, 3.8) is 0 Å². The molecule has 0 atom stereocenters. The fourth-order valence-electron chi connectivity index (χ4n) is 0.728. The maximum absolute atomic E-state index is 11.1. The van der Waals surface area contributed by atoms with Crippen LogP contribution in [-0.4, -0.2) is 17.6 Å². The number of esters is 1. The number of rotatable bonds is 2. The van der Waals surface area contributed by atoms with E-state index in [0.29, 0.717) is 17.2 Å². The van der Waals surface area contributed by atoms with Crippen LogP contribution in [0.4, 0.5) is 0 Å². The molecule has 14 heavy (non-hydrogen) atoms. The summed E-state index contributed by atoms with van der Waals surface area (Å²) in [6, 6.07) is 0. The van der Waals surface area contributed by atoms with E-state index in [1.807, 2.05) is 13.8 Å². The van der Waals surface area contributed by atoms with Gasteiger partial charge in [0.25, 0.3) is 0 Å². The summed E-state index contributed by atoms with van der Waals surface area (Å²) in [5.41, 5.74) is 0.189. The van der Waals surface area contributed by atoms with Crippen molar-refractivity contribution in [1.29, 1.82) is 0 Å². The Kier molecular flexibility index (Phi) is 6.19. The largest absolute Gasteiger partial charge is 0.461 e. The minimum atomic E-state index is -0.471. The predicted octanol–water partition coefficient (Wildman–Crippen LogP) is 2.95. The highest BCUT2D eigenvalue weighted by molar-refractivity contribution is 9.10. The second-order valence-electron chi connectivity index (χ2n) is 2.08. The van der Waals surface area contributed by atoms with Crippen LogP contribution in [0.1, 0.15) is 37.2 Å². The molecule has 0 fully saturated rings. The van der Waals surface area contributed by atoms with Crippen molar-refractivity contribution in [1.82, 2.24) is 4.98 Å². The molecular weight excluding hydrogens is 250 g/mol. The van der Waals surface area contributed by atoms with Gasteiger partial charge in [0.2, 0.25) is 10.4 Å². The van der Waals surface area contributed by atoms with Crippen molar-refractivity contribution in [2.45, 2.75) is 27.7 Å². The number of aryl methyl sites for hydroxylation is 1. The number of carbonyl (C=O) groups excluding carboxylic acids is 1. The summed E-state index contributed by atoms with van der Waals surface area (Å²) < 4.78 is 10.0. The van der Waals surface area contributed by atoms with E-state index in [1.165, 1.54) is 0 Å².